The van der Waals surface area contributed by atoms with Gasteiger partial charge in [-0.15, -0.1) is 0 Å². The fourth-order valence-electron chi connectivity index (χ4n) is 2.57. The molecule has 5 nitrogen and oxygen atoms in total. The first-order chi connectivity index (χ1) is 12.3. The van der Waals surface area contributed by atoms with Crippen LogP contribution in [0.3, 0.4) is 0 Å². The van der Waals surface area contributed by atoms with Crippen LogP contribution in [0.4, 0.5) is 16.2 Å². The van der Waals surface area contributed by atoms with Crippen molar-refractivity contribution in [3.8, 4) is 11.5 Å². The van der Waals surface area contributed by atoms with Gasteiger partial charge in [0.2, 0.25) is 5.89 Å². The highest BCUT2D eigenvalue weighted by molar-refractivity contribution is 6.02. The Labute approximate surface area is 144 Å². The molecule has 0 radical (unpaired) electrons. The van der Waals surface area contributed by atoms with E-state index in [2.05, 4.69) is 15.6 Å². The van der Waals surface area contributed by atoms with Gasteiger partial charge in [0, 0.05) is 5.69 Å². The molecular weight excluding hydrogens is 314 g/mol. The predicted octanol–water partition coefficient (Wildman–Crippen LogP) is 5.14. The number of fused-ring (bicyclic) bond motifs is 1. The van der Waals surface area contributed by atoms with Crippen LogP contribution in [0.1, 0.15) is 0 Å². The molecule has 4 rings (SSSR count). The van der Waals surface area contributed by atoms with Crippen LogP contribution in [-0.4, -0.2) is 11.0 Å². The van der Waals surface area contributed by atoms with E-state index in [1.165, 1.54) is 0 Å². The van der Waals surface area contributed by atoms with Gasteiger partial charge in [-0.2, -0.15) is 0 Å². The molecule has 0 aliphatic rings. The van der Waals surface area contributed by atoms with E-state index < -0.39 is 0 Å². The SMILES string of the molecule is O=C(Nc1ccccc1)Nc1ccccc1-c1nc2ccccc2o1. The molecule has 0 atom stereocenters. The molecule has 0 saturated carbocycles. The maximum absolute atomic E-state index is 12.3. The third-order valence-electron chi connectivity index (χ3n) is 3.73. The summed E-state index contributed by atoms with van der Waals surface area (Å²) >= 11 is 0. The fraction of sp³-hybridized carbons (Fsp3) is 0. The predicted molar refractivity (Wildman–Crippen MR) is 98.5 cm³/mol. The van der Waals surface area contributed by atoms with E-state index in [1.54, 1.807) is 0 Å². The highest BCUT2D eigenvalue weighted by Gasteiger charge is 2.13. The van der Waals surface area contributed by atoms with Gasteiger partial charge in [-0.05, 0) is 36.4 Å². The van der Waals surface area contributed by atoms with Crippen LogP contribution < -0.4 is 10.6 Å². The summed E-state index contributed by atoms with van der Waals surface area (Å²) in [6.07, 6.45) is 0. The second-order valence-electron chi connectivity index (χ2n) is 5.48. The number of carbonyl (C=O) groups is 1. The van der Waals surface area contributed by atoms with Gasteiger partial charge in [0.05, 0.1) is 11.3 Å². The first-order valence-corrected chi connectivity index (χ1v) is 7.87. The number of benzene rings is 3. The molecular formula is C20H15N3O2. The Hall–Kier alpha value is -3.60. The summed E-state index contributed by atoms with van der Waals surface area (Å²) in [5.74, 6) is 0.469. The van der Waals surface area contributed by atoms with Gasteiger partial charge in [0.15, 0.2) is 5.58 Å². The van der Waals surface area contributed by atoms with Gasteiger partial charge in [-0.25, -0.2) is 9.78 Å². The lowest BCUT2D eigenvalue weighted by molar-refractivity contribution is 0.262. The van der Waals surface area contributed by atoms with E-state index in [0.29, 0.717) is 17.2 Å². The maximum Gasteiger partial charge on any atom is 0.323 e. The summed E-state index contributed by atoms with van der Waals surface area (Å²) in [5.41, 5.74) is 3.56. The molecule has 25 heavy (non-hydrogen) atoms. The van der Waals surface area contributed by atoms with Gasteiger partial charge >= 0.3 is 6.03 Å². The van der Waals surface area contributed by atoms with Gasteiger partial charge in [0.1, 0.15) is 5.52 Å². The summed E-state index contributed by atoms with van der Waals surface area (Å²) in [6.45, 7) is 0. The number of carbonyl (C=O) groups excluding carboxylic acids is 1. The summed E-state index contributed by atoms with van der Waals surface area (Å²) in [5, 5.41) is 5.65. The zero-order valence-electron chi connectivity index (χ0n) is 13.3. The first kappa shape index (κ1) is 15.0. The average molecular weight is 329 g/mol. The largest absolute Gasteiger partial charge is 0.436 e. The lowest BCUT2D eigenvalue weighted by Crippen LogP contribution is -2.19. The molecule has 0 bridgehead atoms. The van der Waals surface area contributed by atoms with Gasteiger partial charge in [0.25, 0.3) is 0 Å². The highest BCUT2D eigenvalue weighted by atomic mass is 16.3. The molecule has 3 aromatic carbocycles. The number of amides is 2. The van der Waals surface area contributed by atoms with Crippen molar-refractivity contribution in [1.82, 2.24) is 4.98 Å². The smallest absolute Gasteiger partial charge is 0.323 e. The second kappa shape index (κ2) is 6.49. The molecule has 5 heteroatoms. The van der Waals surface area contributed by atoms with Crippen LogP contribution in [0.5, 0.6) is 0 Å². The molecule has 0 spiro atoms. The van der Waals surface area contributed by atoms with Crippen LogP contribution in [-0.2, 0) is 0 Å². The third kappa shape index (κ3) is 3.21. The number of nitrogens with zero attached hydrogens (tertiary/aromatic N) is 1. The Morgan fingerprint density at radius 2 is 1.52 bits per heavy atom. The molecule has 122 valence electrons. The fourth-order valence-corrected chi connectivity index (χ4v) is 2.57. The van der Waals surface area contributed by atoms with Gasteiger partial charge < -0.3 is 15.1 Å². The molecule has 1 heterocycles. The lowest BCUT2D eigenvalue weighted by atomic mass is 10.2. The van der Waals surface area contributed by atoms with Crippen LogP contribution >= 0.6 is 0 Å². The Bertz CT molecular complexity index is 992. The van der Waals surface area contributed by atoms with Gasteiger partial charge in [-0.3, -0.25) is 0 Å². The molecule has 4 aromatic rings. The average Bonchev–Trinajstić information content (AvgIpc) is 3.07. The Morgan fingerprint density at radius 1 is 0.800 bits per heavy atom. The number of anilines is 2. The first-order valence-electron chi connectivity index (χ1n) is 7.87. The number of aromatic nitrogens is 1. The summed E-state index contributed by atoms with van der Waals surface area (Å²) in [6, 6.07) is 23.9. The molecule has 0 fully saturated rings. The lowest BCUT2D eigenvalue weighted by Gasteiger charge is -2.10. The molecule has 0 unspecified atom stereocenters. The molecule has 0 saturated heterocycles. The van der Waals surface area contributed by atoms with Crippen LogP contribution in [0, 0.1) is 0 Å². The van der Waals surface area contributed by atoms with Crippen molar-refractivity contribution in [3.63, 3.8) is 0 Å². The van der Waals surface area contributed by atoms with Crippen molar-refractivity contribution < 1.29 is 9.21 Å². The molecule has 2 amide bonds. The number of hydrogen-bond acceptors (Lipinski definition) is 3. The standard InChI is InChI=1S/C20H15N3O2/c24-20(21-14-8-2-1-3-9-14)23-16-11-5-4-10-15(16)19-22-17-12-6-7-13-18(17)25-19/h1-13H,(H2,21,23,24). The Morgan fingerprint density at radius 3 is 2.36 bits per heavy atom. The van der Waals surface area contributed by atoms with Crippen molar-refractivity contribution >= 4 is 28.5 Å². The molecule has 0 aliphatic carbocycles. The monoisotopic (exact) mass is 329 g/mol. The minimum Gasteiger partial charge on any atom is -0.436 e. The number of nitrogens with one attached hydrogen (secondary N) is 2. The Balaban J connectivity index is 1.61. The van der Waals surface area contributed by atoms with E-state index in [4.69, 9.17) is 4.42 Å². The number of hydrogen-bond donors (Lipinski definition) is 2. The third-order valence-corrected chi connectivity index (χ3v) is 3.73. The Kier molecular flexibility index (Phi) is 3.88. The number of oxazole rings is 1. The van der Waals surface area contributed by atoms with Crippen molar-refractivity contribution in [2.75, 3.05) is 10.6 Å². The van der Waals surface area contributed by atoms with E-state index >= 15 is 0 Å². The van der Waals surface area contributed by atoms with Crippen LogP contribution in [0.15, 0.2) is 83.3 Å². The zero-order valence-corrected chi connectivity index (χ0v) is 13.3. The van der Waals surface area contributed by atoms with Crippen molar-refractivity contribution in [2.45, 2.75) is 0 Å². The minimum atomic E-state index is -0.324. The number of urea groups is 1. The normalized spacial score (nSPS) is 10.6. The van der Waals surface area contributed by atoms with Crippen molar-refractivity contribution in [3.05, 3.63) is 78.9 Å². The molecule has 1 aromatic heterocycles. The van der Waals surface area contributed by atoms with Crippen molar-refractivity contribution in [1.29, 1.82) is 0 Å². The number of para-hydroxylation sites is 4. The zero-order chi connectivity index (χ0) is 17.1. The highest BCUT2D eigenvalue weighted by Crippen LogP contribution is 2.30. The second-order valence-corrected chi connectivity index (χ2v) is 5.48. The summed E-state index contributed by atoms with van der Waals surface area (Å²) in [4.78, 5) is 16.8. The molecule has 2 N–H and O–H groups in total. The van der Waals surface area contributed by atoms with Gasteiger partial charge in [-0.1, -0.05) is 42.5 Å². The van der Waals surface area contributed by atoms with E-state index in [9.17, 15) is 4.79 Å². The van der Waals surface area contributed by atoms with Crippen LogP contribution in [0.2, 0.25) is 0 Å². The maximum atomic E-state index is 12.3. The summed E-state index contributed by atoms with van der Waals surface area (Å²) in [7, 11) is 0. The van der Waals surface area contributed by atoms with E-state index in [0.717, 1.165) is 16.8 Å². The molecule has 0 aliphatic heterocycles. The van der Waals surface area contributed by atoms with E-state index in [-0.39, 0.29) is 6.03 Å². The quantitative estimate of drug-likeness (QED) is 0.547. The number of rotatable bonds is 3. The van der Waals surface area contributed by atoms with E-state index in [1.807, 2.05) is 78.9 Å². The minimum absolute atomic E-state index is 0.324. The topological polar surface area (TPSA) is 67.2 Å². The van der Waals surface area contributed by atoms with Crippen molar-refractivity contribution in [2.24, 2.45) is 0 Å². The summed E-state index contributed by atoms with van der Waals surface area (Å²) < 4.78 is 5.81. The van der Waals surface area contributed by atoms with Crippen LogP contribution in [0.25, 0.3) is 22.6 Å².